The summed E-state index contributed by atoms with van der Waals surface area (Å²) in [6.45, 7) is -0.486. The molecule has 1 aliphatic heterocycles. The fraction of sp³-hybridized carbons (Fsp3) is 0.375. The third kappa shape index (κ3) is 2.67. The number of fused-ring (bicyclic) bond motifs is 1. The van der Waals surface area contributed by atoms with Gasteiger partial charge in [-0.1, -0.05) is 36.4 Å². The average molecular weight is 306 g/mol. The molecule has 3 rings (SSSR count). The Hall–Kier alpha value is -1.70. The van der Waals surface area contributed by atoms with E-state index in [1.807, 2.05) is 36.4 Å². The van der Waals surface area contributed by atoms with Crippen molar-refractivity contribution in [1.29, 1.82) is 0 Å². The third-order valence-electron chi connectivity index (χ3n) is 3.84. The van der Waals surface area contributed by atoms with E-state index in [2.05, 4.69) is 0 Å². The largest absolute Gasteiger partial charge is 0.461 e. The van der Waals surface area contributed by atoms with Gasteiger partial charge in [0.05, 0.1) is 6.61 Å². The molecular weight excluding hydrogens is 288 g/mol. The number of ether oxygens (including phenoxy) is 2. The average Bonchev–Trinajstić information content (AvgIpc) is 2.55. The van der Waals surface area contributed by atoms with Gasteiger partial charge in [0.1, 0.15) is 30.2 Å². The van der Waals surface area contributed by atoms with Crippen LogP contribution in [-0.4, -0.2) is 57.7 Å². The SMILES string of the molecule is OC[C@@H]1O[C@@H](Oc2cccc3ccccc23)[C@@H](O)[C@@H](O)[C@H]1O. The normalized spacial score (nSPS) is 32.1. The van der Waals surface area contributed by atoms with Gasteiger partial charge in [0.2, 0.25) is 6.29 Å². The van der Waals surface area contributed by atoms with Crippen molar-refractivity contribution in [2.45, 2.75) is 30.7 Å². The van der Waals surface area contributed by atoms with Gasteiger partial charge in [-0.3, -0.25) is 0 Å². The standard InChI is InChI=1S/C16H18O6/c17-8-12-13(18)14(19)15(20)16(22-12)21-11-7-3-5-9-4-1-2-6-10(9)11/h1-7,12-20H,8H2/t12-,13-,14-,15-,16+/m0/s1. The highest BCUT2D eigenvalue weighted by atomic mass is 16.7. The van der Waals surface area contributed by atoms with Gasteiger partial charge in [0.15, 0.2) is 0 Å². The van der Waals surface area contributed by atoms with Crippen LogP contribution in [0.1, 0.15) is 0 Å². The first-order valence-electron chi connectivity index (χ1n) is 7.07. The minimum Gasteiger partial charge on any atom is -0.461 e. The lowest BCUT2D eigenvalue weighted by Gasteiger charge is -2.39. The van der Waals surface area contributed by atoms with E-state index in [1.165, 1.54) is 0 Å². The lowest BCUT2D eigenvalue weighted by molar-refractivity contribution is -0.277. The van der Waals surface area contributed by atoms with Gasteiger partial charge in [-0.05, 0) is 11.5 Å². The van der Waals surface area contributed by atoms with Gasteiger partial charge in [0, 0.05) is 5.39 Å². The zero-order chi connectivity index (χ0) is 15.7. The summed E-state index contributed by atoms with van der Waals surface area (Å²) in [5, 5.41) is 40.5. The second-order valence-electron chi connectivity index (χ2n) is 5.29. The van der Waals surface area contributed by atoms with Crippen LogP contribution < -0.4 is 4.74 Å². The van der Waals surface area contributed by atoms with Crippen LogP contribution in [0.4, 0.5) is 0 Å². The van der Waals surface area contributed by atoms with E-state index in [9.17, 15) is 20.4 Å². The molecule has 1 heterocycles. The Labute approximate surface area is 127 Å². The Morgan fingerprint density at radius 3 is 2.41 bits per heavy atom. The molecule has 0 bridgehead atoms. The Morgan fingerprint density at radius 2 is 1.64 bits per heavy atom. The number of hydrogen-bond acceptors (Lipinski definition) is 6. The van der Waals surface area contributed by atoms with E-state index in [-0.39, 0.29) is 0 Å². The molecule has 2 aromatic carbocycles. The van der Waals surface area contributed by atoms with Crippen LogP contribution in [0.25, 0.3) is 10.8 Å². The molecule has 1 saturated heterocycles. The van der Waals surface area contributed by atoms with E-state index in [0.29, 0.717) is 5.75 Å². The number of aliphatic hydroxyl groups is 4. The van der Waals surface area contributed by atoms with Crippen molar-refractivity contribution in [3.8, 4) is 5.75 Å². The van der Waals surface area contributed by atoms with Crippen LogP contribution in [0, 0.1) is 0 Å². The molecule has 6 nitrogen and oxygen atoms in total. The maximum atomic E-state index is 10.0. The highest BCUT2D eigenvalue weighted by Crippen LogP contribution is 2.29. The van der Waals surface area contributed by atoms with Crippen LogP contribution in [0.5, 0.6) is 5.75 Å². The Balaban J connectivity index is 1.87. The van der Waals surface area contributed by atoms with E-state index < -0.39 is 37.3 Å². The van der Waals surface area contributed by atoms with E-state index in [1.54, 1.807) is 6.07 Å². The van der Waals surface area contributed by atoms with Crippen molar-refractivity contribution in [2.75, 3.05) is 6.61 Å². The molecule has 1 fully saturated rings. The molecule has 5 atom stereocenters. The highest BCUT2D eigenvalue weighted by molar-refractivity contribution is 5.88. The van der Waals surface area contributed by atoms with Crippen molar-refractivity contribution in [2.24, 2.45) is 0 Å². The second-order valence-corrected chi connectivity index (χ2v) is 5.29. The molecule has 0 radical (unpaired) electrons. The Morgan fingerprint density at radius 1 is 0.909 bits per heavy atom. The van der Waals surface area contributed by atoms with Gasteiger partial charge >= 0.3 is 0 Å². The lowest BCUT2D eigenvalue weighted by Crippen LogP contribution is -2.60. The topological polar surface area (TPSA) is 99.4 Å². The van der Waals surface area contributed by atoms with Gasteiger partial charge in [-0.25, -0.2) is 0 Å². The zero-order valence-electron chi connectivity index (χ0n) is 11.7. The van der Waals surface area contributed by atoms with Crippen molar-refractivity contribution in [3.05, 3.63) is 42.5 Å². The zero-order valence-corrected chi connectivity index (χ0v) is 11.7. The molecule has 0 spiro atoms. The van der Waals surface area contributed by atoms with E-state index in [0.717, 1.165) is 10.8 Å². The summed E-state index contributed by atoms with van der Waals surface area (Å²) in [5.74, 6) is 0.488. The first-order chi connectivity index (χ1) is 10.6. The molecule has 4 N–H and O–H groups in total. The number of hydrogen-bond donors (Lipinski definition) is 4. The first-order valence-corrected chi connectivity index (χ1v) is 7.07. The van der Waals surface area contributed by atoms with Crippen molar-refractivity contribution < 1.29 is 29.9 Å². The summed E-state index contributed by atoms with van der Waals surface area (Å²) < 4.78 is 11.0. The predicted molar refractivity (Wildman–Crippen MR) is 78.3 cm³/mol. The minimum atomic E-state index is -1.45. The fourth-order valence-electron chi connectivity index (χ4n) is 2.59. The Bertz CT molecular complexity index is 638. The second kappa shape index (κ2) is 6.20. The quantitative estimate of drug-likeness (QED) is 0.638. The smallest absolute Gasteiger partial charge is 0.229 e. The van der Waals surface area contributed by atoms with Crippen LogP contribution in [0.2, 0.25) is 0 Å². The molecule has 6 heteroatoms. The van der Waals surface area contributed by atoms with Crippen LogP contribution in [-0.2, 0) is 4.74 Å². The molecule has 118 valence electrons. The predicted octanol–water partition coefficient (Wildman–Crippen LogP) is 0.0185. The van der Waals surface area contributed by atoms with Gasteiger partial charge in [-0.2, -0.15) is 0 Å². The van der Waals surface area contributed by atoms with Gasteiger partial charge in [-0.15, -0.1) is 0 Å². The van der Waals surface area contributed by atoms with Crippen LogP contribution >= 0.6 is 0 Å². The summed E-state index contributed by atoms with van der Waals surface area (Å²) in [6, 6.07) is 13.0. The highest BCUT2D eigenvalue weighted by Gasteiger charge is 2.44. The summed E-state index contributed by atoms with van der Waals surface area (Å²) in [6.07, 6.45) is -6.44. The summed E-state index contributed by atoms with van der Waals surface area (Å²) in [7, 11) is 0. The maximum Gasteiger partial charge on any atom is 0.229 e. The lowest BCUT2D eigenvalue weighted by atomic mass is 9.99. The maximum absolute atomic E-state index is 10.0. The van der Waals surface area contributed by atoms with Crippen molar-refractivity contribution in [1.82, 2.24) is 0 Å². The van der Waals surface area contributed by atoms with Crippen molar-refractivity contribution >= 4 is 10.8 Å². The number of benzene rings is 2. The molecule has 0 aliphatic carbocycles. The molecule has 0 amide bonds. The Kier molecular flexibility index (Phi) is 4.28. The monoisotopic (exact) mass is 306 g/mol. The molecule has 0 aromatic heterocycles. The molecule has 0 saturated carbocycles. The molecule has 1 aliphatic rings. The van der Waals surface area contributed by atoms with Crippen molar-refractivity contribution in [3.63, 3.8) is 0 Å². The van der Waals surface area contributed by atoms with Gasteiger partial charge < -0.3 is 29.9 Å². The fourth-order valence-corrected chi connectivity index (χ4v) is 2.59. The summed E-state index contributed by atoms with van der Waals surface area (Å²) >= 11 is 0. The number of aliphatic hydroxyl groups excluding tert-OH is 4. The minimum absolute atomic E-state index is 0.486. The summed E-state index contributed by atoms with van der Waals surface area (Å²) in [5.41, 5.74) is 0. The van der Waals surface area contributed by atoms with E-state index in [4.69, 9.17) is 9.47 Å². The van der Waals surface area contributed by atoms with Crippen LogP contribution in [0.15, 0.2) is 42.5 Å². The van der Waals surface area contributed by atoms with Crippen LogP contribution in [0.3, 0.4) is 0 Å². The number of rotatable bonds is 3. The third-order valence-corrected chi connectivity index (χ3v) is 3.84. The molecular formula is C16H18O6. The van der Waals surface area contributed by atoms with Gasteiger partial charge in [0.25, 0.3) is 0 Å². The molecule has 2 aromatic rings. The molecule has 22 heavy (non-hydrogen) atoms. The molecule has 0 unspecified atom stereocenters. The first kappa shape index (κ1) is 15.2. The van der Waals surface area contributed by atoms with E-state index >= 15 is 0 Å². The summed E-state index contributed by atoms with van der Waals surface area (Å²) in [4.78, 5) is 0.